The largest absolute Gasteiger partial charge is 0.507 e. The Morgan fingerprint density at radius 3 is 2.17 bits per heavy atom. The number of ether oxygens (including phenoxy) is 2. The molecule has 1 fully saturated rings. The van der Waals surface area contributed by atoms with Crippen molar-refractivity contribution in [2.24, 2.45) is 0 Å². The van der Waals surface area contributed by atoms with E-state index in [-0.39, 0.29) is 11.3 Å². The van der Waals surface area contributed by atoms with Gasteiger partial charge in [0, 0.05) is 5.56 Å². The van der Waals surface area contributed by atoms with Crippen molar-refractivity contribution in [1.29, 1.82) is 0 Å². The minimum Gasteiger partial charge on any atom is -0.507 e. The fraction of sp³-hybridized carbons (Fsp3) is 0.179. The van der Waals surface area contributed by atoms with Gasteiger partial charge in [-0.2, -0.15) is 0 Å². The number of nitrogens with zero attached hydrogens (tertiary/aromatic N) is 2. The number of carbonyl (C=O) groups excluding carboxylic acids is 2. The van der Waals surface area contributed by atoms with Crippen molar-refractivity contribution in [3.05, 3.63) is 88.5 Å². The molecule has 5 rings (SSSR count). The van der Waals surface area contributed by atoms with Gasteiger partial charge in [0.15, 0.2) is 5.13 Å². The summed E-state index contributed by atoms with van der Waals surface area (Å²) in [5, 5.41) is 11.7. The molecule has 0 unspecified atom stereocenters. The molecule has 0 aliphatic carbocycles. The molecule has 1 N–H and O–H groups in total. The number of fused-ring (bicyclic) bond motifs is 1. The SMILES string of the molecule is COc1ccc(C(O)=C2C(=O)C(=O)N(c3nc4c(C)cc(C)cc4s3)[C@@H]2c2ccc(OC)cc2)cc1. The number of benzene rings is 3. The van der Waals surface area contributed by atoms with Crippen molar-refractivity contribution in [3.8, 4) is 11.5 Å². The number of anilines is 1. The number of aliphatic hydroxyl groups is 1. The number of ketones is 1. The number of aryl methyl sites for hydroxylation is 2. The molecular formula is C28H24N2O5S. The Morgan fingerprint density at radius 1 is 0.944 bits per heavy atom. The quantitative estimate of drug-likeness (QED) is 0.219. The summed E-state index contributed by atoms with van der Waals surface area (Å²) in [7, 11) is 3.11. The zero-order valence-electron chi connectivity index (χ0n) is 20.2. The Balaban J connectivity index is 1.71. The van der Waals surface area contributed by atoms with Crippen molar-refractivity contribution in [1.82, 2.24) is 4.98 Å². The minimum absolute atomic E-state index is 0.00231. The van der Waals surface area contributed by atoms with E-state index < -0.39 is 17.7 Å². The van der Waals surface area contributed by atoms with Gasteiger partial charge in [-0.25, -0.2) is 4.98 Å². The third kappa shape index (κ3) is 3.89. The molecule has 4 aromatic rings. The topological polar surface area (TPSA) is 89.0 Å². The average Bonchev–Trinajstić information content (AvgIpc) is 3.42. The van der Waals surface area contributed by atoms with Gasteiger partial charge in [0.05, 0.1) is 36.1 Å². The van der Waals surface area contributed by atoms with Crippen LogP contribution in [0.4, 0.5) is 5.13 Å². The zero-order valence-corrected chi connectivity index (χ0v) is 21.1. The summed E-state index contributed by atoms with van der Waals surface area (Å²) in [4.78, 5) is 33.0. The molecule has 36 heavy (non-hydrogen) atoms. The summed E-state index contributed by atoms with van der Waals surface area (Å²) in [6, 6.07) is 16.9. The number of aliphatic hydroxyl groups excluding tert-OH is 1. The Bertz CT molecular complexity index is 1520. The number of hydrogen-bond donors (Lipinski definition) is 1. The molecule has 7 nitrogen and oxygen atoms in total. The van der Waals surface area contributed by atoms with Crippen LogP contribution in [-0.2, 0) is 9.59 Å². The van der Waals surface area contributed by atoms with E-state index in [0.29, 0.717) is 27.8 Å². The number of Topliss-reactive ketones (excluding diaryl/α,β-unsaturated/α-hetero) is 1. The van der Waals surface area contributed by atoms with E-state index in [1.165, 1.54) is 16.2 Å². The van der Waals surface area contributed by atoms with E-state index in [9.17, 15) is 14.7 Å². The summed E-state index contributed by atoms with van der Waals surface area (Å²) in [5.41, 5.74) is 3.92. The fourth-order valence-electron chi connectivity index (χ4n) is 4.50. The highest BCUT2D eigenvalue weighted by molar-refractivity contribution is 7.22. The lowest BCUT2D eigenvalue weighted by molar-refractivity contribution is -0.132. The third-order valence-corrected chi connectivity index (χ3v) is 7.27. The molecule has 0 saturated carbocycles. The van der Waals surface area contributed by atoms with E-state index in [4.69, 9.17) is 14.5 Å². The molecule has 1 aliphatic rings. The fourth-order valence-corrected chi connectivity index (χ4v) is 5.67. The predicted octanol–water partition coefficient (Wildman–Crippen LogP) is 5.56. The van der Waals surface area contributed by atoms with Gasteiger partial charge in [0.1, 0.15) is 17.3 Å². The Kier molecular flexibility index (Phi) is 5.97. The first-order chi connectivity index (χ1) is 17.3. The first-order valence-electron chi connectivity index (χ1n) is 11.3. The second-order valence-corrected chi connectivity index (χ2v) is 9.60. The predicted molar refractivity (Wildman–Crippen MR) is 140 cm³/mol. The van der Waals surface area contributed by atoms with Gasteiger partial charge in [0.2, 0.25) is 0 Å². The third-order valence-electron chi connectivity index (χ3n) is 6.26. The average molecular weight is 501 g/mol. The molecule has 0 bridgehead atoms. The van der Waals surface area contributed by atoms with E-state index >= 15 is 0 Å². The van der Waals surface area contributed by atoms with Crippen LogP contribution in [0.2, 0.25) is 0 Å². The van der Waals surface area contributed by atoms with Crippen molar-refractivity contribution >= 4 is 44.1 Å². The second-order valence-electron chi connectivity index (χ2n) is 8.60. The second kappa shape index (κ2) is 9.13. The number of methoxy groups -OCH3 is 2. The first kappa shape index (κ1) is 23.6. The normalized spacial score (nSPS) is 17.1. The van der Waals surface area contributed by atoms with Crippen LogP contribution >= 0.6 is 11.3 Å². The maximum atomic E-state index is 13.4. The lowest BCUT2D eigenvalue weighted by Gasteiger charge is -2.23. The number of thiazole rings is 1. The summed E-state index contributed by atoms with van der Waals surface area (Å²) < 4.78 is 11.4. The maximum absolute atomic E-state index is 13.4. The summed E-state index contributed by atoms with van der Waals surface area (Å²) in [5.74, 6) is -0.515. The van der Waals surface area contributed by atoms with Gasteiger partial charge < -0.3 is 14.6 Å². The van der Waals surface area contributed by atoms with Gasteiger partial charge in [-0.3, -0.25) is 14.5 Å². The highest BCUT2D eigenvalue weighted by atomic mass is 32.1. The molecule has 1 saturated heterocycles. The smallest absolute Gasteiger partial charge is 0.301 e. The Morgan fingerprint density at radius 2 is 1.56 bits per heavy atom. The van der Waals surface area contributed by atoms with Crippen molar-refractivity contribution in [3.63, 3.8) is 0 Å². The van der Waals surface area contributed by atoms with Crippen LogP contribution in [0.15, 0.2) is 66.2 Å². The van der Waals surface area contributed by atoms with Gasteiger partial charge in [-0.05, 0) is 73.0 Å². The first-order valence-corrected chi connectivity index (χ1v) is 12.1. The lowest BCUT2D eigenvalue weighted by Crippen LogP contribution is -2.29. The minimum atomic E-state index is -0.861. The van der Waals surface area contributed by atoms with Gasteiger partial charge in [-0.1, -0.05) is 29.5 Å². The van der Waals surface area contributed by atoms with Crippen molar-refractivity contribution in [2.45, 2.75) is 19.9 Å². The molecule has 1 aliphatic heterocycles. The van der Waals surface area contributed by atoms with Crippen LogP contribution in [0.3, 0.4) is 0 Å². The summed E-state index contributed by atoms with van der Waals surface area (Å²) in [6.45, 7) is 3.97. The van der Waals surface area contributed by atoms with E-state index in [2.05, 4.69) is 0 Å². The van der Waals surface area contributed by atoms with Crippen LogP contribution in [0.5, 0.6) is 11.5 Å². The molecule has 182 valence electrons. The number of carbonyl (C=O) groups is 2. The standard InChI is InChI=1S/C28H24N2O5S/c1-15-13-16(2)23-21(14-15)36-28(29-23)30-24(17-5-9-19(34-3)10-6-17)22(26(32)27(30)33)25(31)18-7-11-20(35-4)12-8-18/h5-14,24,31H,1-4H3/t24-/m1/s1. The van der Waals surface area contributed by atoms with E-state index in [1.807, 2.05) is 26.0 Å². The monoisotopic (exact) mass is 500 g/mol. The van der Waals surface area contributed by atoms with Crippen molar-refractivity contribution < 1.29 is 24.2 Å². The number of rotatable bonds is 5. The molecule has 0 radical (unpaired) electrons. The molecule has 1 aromatic heterocycles. The van der Waals surface area contributed by atoms with Crippen LogP contribution in [0.1, 0.15) is 28.3 Å². The van der Waals surface area contributed by atoms with E-state index in [1.54, 1.807) is 62.8 Å². The highest BCUT2D eigenvalue weighted by Gasteiger charge is 2.48. The number of aromatic nitrogens is 1. The molecule has 1 amide bonds. The number of hydrogen-bond acceptors (Lipinski definition) is 7. The maximum Gasteiger partial charge on any atom is 0.301 e. The van der Waals surface area contributed by atoms with E-state index in [0.717, 1.165) is 21.3 Å². The molecule has 8 heteroatoms. The van der Waals surface area contributed by atoms with Crippen molar-refractivity contribution in [2.75, 3.05) is 19.1 Å². The van der Waals surface area contributed by atoms with Gasteiger partial charge in [0.25, 0.3) is 5.78 Å². The van der Waals surface area contributed by atoms with Crippen LogP contribution < -0.4 is 14.4 Å². The summed E-state index contributed by atoms with van der Waals surface area (Å²) in [6.07, 6.45) is 0. The zero-order chi connectivity index (χ0) is 25.6. The molecular weight excluding hydrogens is 476 g/mol. The lowest BCUT2D eigenvalue weighted by atomic mass is 9.95. The van der Waals surface area contributed by atoms with Crippen LogP contribution in [0, 0.1) is 13.8 Å². The van der Waals surface area contributed by atoms with Crippen LogP contribution in [-0.4, -0.2) is 36.0 Å². The molecule has 2 heterocycles. The molecule has 1 atom stereocenters. The molecule has 3 aromatic carbocycles. The Hall–Kier alpha value is -4.17. The van der Waals surface area contributed by atoms with Gasteiger partial charge >= 0.3 is 5.91 Å². The highest BCUT2D eigenvalue weighted by Crippen LogP contribution is 2.45. The number of amides is 1. The Labute approximate surface area is 212 Å². The van der Waals surface area contributed by atoms with Crippen LogP contribution in [0.25, 0.3) is 16.0 Å². The molecule has 0 spiro atoms. The summed E-state index contributed by atoms with van der Waals surface area (Å²) >= 11 is 1.35. The van der Waals surface area contributed by atoms with Gasteiger partial charge in [-0.15, -0.1) is 0 Å².